The summed E-state index contributed by atoms with van der Waals surface area (Å²) in [5, 5.41) is 15.4. The predicted octanol–water partition coefficient (Wildman–Crippen LogP) is 4.13. The van der Waals surface area contributed by atoms with Gasteiger partial charge in [0.2, 0.25) is 0 Å². The van der Waals surface area contributed by atoms with E-state index in [2.05, 4.69) is 35.8 Å². The van der Waals surface area contributed by atoms with Crippen LogP contribution in [0.3, 0.4) is 0 Å². The molecule has 2 N–H and O–H groups in total. The third-order valence-electron chi connectivity index (χ3n) is 4.71. The minimum atomic E-state index is -0.403. The molecule has 2 aromatic rings. The number of aliphatic hydroxyl groups excluding tert-OH is 1. The number of piperidine rings is 1. The summed E-state index contributed by atoms with van der Waals surface area (Å²) in [6.45, 7) is 1.94. The first-order chi connectivity index (χ1) is 12.2. The highest BCUT2D eigenvalue weighted by atomic mass is 32.2. The molecule has 2 amide bonds. The van der Waals surface area contributed by atoms with Crippen molar-refractivity contribution < 1.29 is 9.90 Å². The van der Waals surface area contributed by atoms with Crippen LogP contribution >= 0.6 is 23.1 Å². The quantitative estimate of drug-likeness (QED) is 0.772. The summed E-state index contributed by atoms with van der Waals surface area (Å²) < 4.78 is 0. The van der Waals surface area contributed by atoms with E-state index >= 15 is 0 Å². The summed E-state index contributed by atoms with van der Waals surface area (Å²) in [6.07, 6.45) is 3.33. The van der Waals surface area contributed by atoms with Gasteiger partial charge in [-0.1, -0.05) is 18.2 Å². The van der Waals surface area contributed by atoms with E-state index in [4.69, 9.17) is 0 Å². The third kappa shape index (κ3) is 4.77. The van der Waals surface area contributed by atoms with E-state index in [0.29, 0.717) is 19.6 Å². The Morgan fingerprint density at radius 1 is 1.32 bits per heavy atom. The standard InChI is InChI=1S/C19H24N2O2S2/c1-24-16-6-4-14(5-7-16)13-20-19(23)21-10-8-15(9-11-21)18(22)17-3-2-12-25-17/h2-7,12,15,18,22H,8-11,13H2,1H3,(H,20,23). The lowest BCUT2D eigenvalue weighted by molar-refractivity contribution is 0.0689. The van der Waals surface area contributed by atoms with Gasteiger partial charge in [-0.2, -0.15) is 0 Å². The van der Waals surface area contributed by atoms with Crippen molar-refractivity contribution in [2.24, 2.45) is 5.92 Å². The van der Waals surface area contributed by atoms with Gasteiger partial charge in [-0.15, -0.1) is 23.1 Å². The van der Waals surface area contributed by atoms with E-state index in [9.17, 15) is 9.90 Å². The molecule has 1 fully saturated rings. The second-order valence-corrected chi connectivity index (χ2v) is 8.15. The van der Waals surface area contributed by atoms with Crippen molar-refractivity contribution in [2.45, 2.75) is 30.4 Å². The second kappa shape index (κ2) is 8.74. The number of amides is 2. The van der Waals surface area contributed by atoms with Crippen molar-refractivity contribution in [1.29, 1.82) is 0 Å². The van der Waals surface area contributed by atoms with Crippen molar-refractivity contribution in [3.8, 4) is 0 Å². The van der Waals surface area contributed by atoms with Crippen molar-refractivity contribution in [2.75, 3.05) is 19.3 Å². The zero-order chi connectivity index (χ0) is 17.6. The maximum absolute atomic E-state index is 12.3. The highest BCUT2D eigenvalue weighted by molar-refractivity contribution is 7.98. The summed E-state index contributed by atoms with van der Waals surface area (Å²) in [7, 11) is 0. The van der Waals surface area contributed by atoms with E-state index < -0.39 is 6.10 Å². The van der Waals surface area contributed by atoms with Gasteiger partial charge < -0.3 is 15.3 Å². The van der Waals surface area contributed by atoms with Gasteiger partial charge in [0, 0.05) is 29.4 Å². The maximum Gasteiger partial charge on any atom is 0.317 e. The van der Waals surface area contributed by atoms with E-state index in [-0.39, 0.29) is 11.9 Å². The third-order valence-corrected chi connectivity index (χ3v) is 6.40. The fraction of sp³-hybridized carbons (Fsp3) is 0.421. The van der Waals surface area contributed by atoms with Gasteiger partial charge in [-0.3, -0.25) is 0 Å². The van der Waals surface area contributed by atoms with Crippen LogP contribution in [0, 0.1) is 5.92 Å². The summed E-state index contributed by atoms with van der Waals surface area (Å²) in [5.41, 5.74) is 1.11. The van der Waals surface area contributed by atoms with Crippen LogP contribution < -0.4 is 5.32 Å². The van der Waals surface area contributed by atoms with Gasteiger partial charge in [0.25, 0.3) is 0 Å². The smallest absolute Gasteiger partial charge is 0.317 e. The normalized spacial score (nSPS) is 16.6. The number of urea groups is 1. The number of likely N-dealkylation sites (tertiary alicyclic amines) is 1. The first kappa shape index (κ1) is 18.3. The fourth-order valence-electron chi connectivity index (χ4n) is 3.14. The summed E-state index contributed by atoms with van der Waals surface area (Å²) in [4.78, 5) is 16.5. The van der Waals surface area contributed by atoms with Gasteiger partial charge in [-0.25, -0.2) is 4.79 Å². The molecule has 1 unspecified atom stereocenters. The SMILES string of the molecule is CSc1ccc(CNC(=O)N2CCC(C(O)c3cccs3)CC2)cc1. The van der Waals surface area contributed by atoms with Crippen molar-refractivity contribution in [3.63, 3.8) is 0 Å². The Kier molecular flexibility index (Phi) is 6.39. The van der Waals surface area contributed by atoms with Crippen LogP contribution in [-0.2, 0) is 6.54 Å². The molecule has 0 saturated carbocycles. The van der Waals surface area contributed by atoms with Crippen LogP contribution in [0.25, 0.3) is 0 Å². The number of thioether (sulfide) groups is 1. The van der Waals surface area contributed by atoms with Crippen molar-refractivity contribution >= 4 is 29.1 Å². The van der Waals surface area contributed by atoms with Crippen LogP contribution in [0.5, 0.6) is 0 Å². The number of thiophene rings is 1. The van der Waals surface area contributed by atoms with E-state index in [1.54, 1.807) is 23.1 Å². The highest BCUT2D eigenvalue weighted by Gasteiger charge is 2.28. The van der Waals surface area contributed by atoms with E-state index in [0.717, 1.165) is 23.3 Å². The van der Waals surface area contributed by atoms with Gasteiger partial charge >= 0.3 is 6.03 Å². The van der Waals surface area contributed by atoms with Crippen LogP contribution in [-0.4, -0.2) is 35.4 Å². The topological polar surface area (TPSA) is 52.6 Å². The molecular weight excluding hydrogens is 352 g/mol. The van der Waals surface area contributed by atoms with E-state index in [1.807, 2.05) is 22.4 Å². The molecule has 0 aliphatic carbocycles. The van der Waals surface area contributed by atoms with Crippen LogP contribution in [0.1, 0.15) is 29.4 Å². The number of carbonyl (C=O) groups is 1. The minimum Gasteiger partial charge on any atom is -0.387 e. The molecule has 1 aromatic carbocycles. The highest BCUT2D eigenvalue weighted by Crippen LogP contribution is 2.32. The lowest BCUT2D eigenvalue weighted by atomic mass is 9.90. The van der Waals surface area contributed by atoms with Crippen LogP contribution in [0.15, 0.2) is 46.7 Å². The van der Waals surface area contributed by atoms with Crippen molar-refractivity contribution in [3.05, 3.63) is 52.2 Å². The molecule has 6 heteroatoms. The Morgan fingerprint density at radius 2 is 2.04 bits per heavy atom. The number of rotatable bonds is 5. The Labute approximate surface area is 157 Å². The number of hydrogen-bond acceptors (Lipinski definition) is 4. The molecule has 25 heavy (non-hydrogen) atoms. The van der Waals surface area contributed by atoms with Gasteiger partial charge in [0.15, 0.2) is 0 Å². The van der Waals surface area contributed by atoms with Crippen molar-refractivity contribution in [1.82, 2.24) is 10.2 Å². The first-order valence-electron chi connectivity index (χ1n) is 8.54. The second-order valence-electron chi connectivity index (χ2n) is 6.29. The number of nitrogens with zero attached hydrogens (tertiary/aromatic N) is 1. The lowest BCUT2D eigenvalue weighted by Gasteiger charge is -2.34. The average Bonchev–Trinajstić information content (AvgIpc) is 3.21. The first-order valence-corrected chi connectivity index (χ1v) is 10.6. The number of benzene rings is 1. The molecule has 4 nitrogen and oxygen atoms in total. The molecule has 1 aliphatic rings. The Hall–Kier alpha value is -1.50. The number of hydrogen-bond donors (Lipinski definition) is 2. The zero-order valence-electron chi connectivity index (χ0n) is 14.4. The molecule has 1 atom stereocenters. The molecule has 2 heterocycles. The molecule has 0 spiro atoms. The number of aliphatic hydroxyl groups is 1. The summed E-state index contributed by atoms with van der Waals surface area (Å²) in [5.74, 6) is 0.238. The number of nitrogens with one attached hydrogen (secondary N) is 1. The van der Waals surface area contributed by atoms with Gasteiger partial charge in [-0.05, 0) is 54.2 Å². The lowest BCUT2D eigenvalue weighted by Crippen LogP contribution is -2.44. The molecule has 1 aromatic heterocycles. The van der Waals surface area contributed by atoms with Gasteiger partial charge in [0.05, 0.1) is 6.10 Å². The molecule has 3 rings (SSSR count). The van der Waals surface area contributed by atoms with Gasteiger partial charge in [0.1, 0.15) is 0 Å². The summed E-state index contributed by atoms with van der Waals surface area (Å²) in [6, 6.07) is 12.2. The molecular formula is C19H24N2O2S2. The van der Waals surface area contributed by atoms with Crippen LogP contribution in [0.2, 0.25) is 0 Å². The summed E-state index contributed by atoms with van der Waals surface area (Å²) >= 11 is 3.31. The zero-order valence-corrected chi connectivity index (χ0v) is 16.0. The predicted molar refractivity (Wildman–Crippen MR) is 104 cm³/mol. The molecule has 0 radical (unpaired) electrons. The minimum absolute atomic E-state index is 0.0157. The number of carbonyl (C=O) groups excluding carboxylic acids is 1. The molecule has 1 aliphatic heterocycles. The Balaban J connectivity index is 1.44. The fourth-order valence-corrected chi connectivity index (χ4v) is 4.35. The molecule has 134 valence electrons. The average molecular weight is 377 g/mol. The monoisotopic (exact) mass is 376 g/mol. The molecule has 1 saturated heterocycles. The Morgan fingerprint density at radius 3 is 2.64 bits per heavy atom. The largest absolute Gasteiger partial charge is 0.387 e. The molecule has 0 bridgehead atoms. The van der Waals surface area contributed by atoms with Crippen LogP contribution in [0.4, 0.5) is 4.79 Å². The maximum atomic E-state index is 12.3. The van der Waals surface area contributed by atoms with E-state index in [1.165, 1.54) is 4.90 Å². The Bertz CT molecular complexity index is 665.